The first-order valence-corrected chi connectivity index (χ1v) is 5.72. The lowest BCUT2D eigenvalue weighted by molar-refractivity contribution is 0.525. The van der Waals surface area contributed by atoms with E-state index in [1.54, 1.807) is 18.2 Å². The Labute approximate surface area is 108 Å². The molecule has 90 valence electrons. The highest BCUT2D eigenvalue weighted by Gasteiger charge is 2.16. The van der Waals surface area contributed by atoms with Gasteiger partial charge in [-0.15, -0.1) is 0 Å². The van der Waals surface area contributed by atoms with Crippen LogP contribution in [-0.4, -0.2) is 15.2 Å². The summed E-state index contributed by atoms with van der Waals surface area (Å²) >= 11 is 12.2. The molecule has 0 spiro atoms. The predicted molar refractivity (Wildman–Crippen MR) is 66.6 cm³/mol. The van der Waals surface area contributed by atoms with E-state index in [1.807, 2.05) is 0 Å². The van der Waals surface area contributed by atoms with Crippen LogP contribution in [0.2, 0.25) is 10.0 Å². The highest BCUT2D eigenvalue weighted by molar-refractivity contribution is 6.35. The standard InChI is InChI=1S/C10H11Cl2N5/c11-7-2-1-3-8(12)6(7)4-9(16-13)10-14-5-15-17-10/h1-3,5,9,16H,4,13H2,(H,14,15,17). The molecule has 7 heteroatoms. The van der Waals surface area contributed by atoms with Gasteiger partial charge >= 0.3 is 0 Å². The second-order valence-electron chi connectivity index (χ2n) is 3.49. The van der Waals surface area contributed by atoms with Gasteiger partial charge in [0.15, 0.2) is 0 Å². The minimum Gasteiger partial charge on any atom is -0.271 e. The molecule has 0 bridgehead atoms. The topological polar surface area (TPSA) is 79.6 Å². The van der Waals surface area contributed by atoms with Crippen LogP contribution in [0.5, 0.6) is 0 Å². The molecule has 2 aromatic rings. The largest absolute Gasteiger partial charge is 0.271 e. The summed E-state index contributed by atoms with van der Waals surface area (Å²) in [5.74, 6) is 6.13. The summed E-state index contributed by atoms with van der Waals surface area (Å²) in [5, 5.41) is 7.75. The highest BCUT2D eigenvalue weighted by atomic mass is 35.5. The molecule has 5 nitrogen and oxygen atoms in total. The molecule has 0 aliphatic rings. The lowest BCUT2D eigenvalue weighted by Gasteiger charge is -2.14. The van der Waals surface area contributed by atoms with Crippen LogP contribution in [-0.2, 0) is 6.42 Å². The predicted octanol–water partition coefficient (Wildman–Crippen LogP) is 1.86. The van der Waals surface area contributed by atoms with Crippen molar-refractivity contribution < 1.29 is 0 Å². The molecular weight excluding hydrogens is 261 g/mol. The molecule has 1 aromatic heterocycles. The van der Waals surface area contributed by atoms with Gasteiger partial charge < -0.3 is 0 Å². The molecule has 1 heterocycles. The van der Waals surface area contributed by atoms with Crippen molar-refractivity contribution in [1.29, 1.82) is 0 Å². The molecule has 4 N–H and O–H groups in total. The summed E-state index contributed by atoms with van der Waals surface area (Å²) in [6, 6.07) is 5.16. The quantitative estimate of drug-likeness (QED) is 0.586. The van der Waals surface area contributed by atoms with Gasteiger partial charge in [-0.2, -0.15) is 5.10 Å². The van der Waals surface area contributed by atoms with E-state index < -0.39 is 0 Å². The van der Waals surface area contributed by atoms with Crippen molar-refractivity contribution in [2.75, 3.05) is 0 Å². The molecule has 1 aromatic carbocycles. The van der Waals surface area contributed by atoms with Crippen LogP contribution in [0, 0.1) is 0 Å². The minimum atomic E-state index is -0.213. The van der Waals surface area contributed by atoms with E-state index in [-0.39, 0.29) is 6.04 Å². The summed E-state index contributed by atoms with van der Waals surface area (Å²) in [7, 11) is 0. The smallest absolute Gasteiger partial charge is 0.143 e. The second kappa shape index (κ2) is 5.46. The molecule has 0 amide bonds. The molecular formula is C10H11Cl2N5. The summed E-state index contributed by atoms with van der Waals surface area (Å²) in [6.45, 7) is 0. The van der Waals surface area contributed by atoms with Gasteiger partial charge in [-0.05, 0) is 24.1 Å². The third-order valence-electron chi connectivity index (χ3n) is 2.43. The zero-order valence-electron chi connectivity index (χ0n) is 8.82. The maximum atomic E-state index is 6.09. The van der Waals surface area contributed by atoms with Crippen molar-refractivity contribution in [3.8, 4) is 0 Å². The average molecular weight is 272 g/mol. The number of nitrogens with one attached hydrogen (secondary N) is 2. The zero-order chi connectivity index (χ0) is 12.3. The number of hydrogen-bond donors (Lipinski definition) is 3. The van der Waals surface area contributed by atoms with E-state index in [0.717, 1.165) is 5.56 Å². The molecule has 2 rings (SSSR count). The summed E-state index contributed by atoms with van der Waals surface area (Å²) in [5.41, 5.74) is 3.49. The molecule has 0 fully saturated rings. The third kappa shape index (κ3) is 2.76. The monoisotopic (exact) mass is 271 g/mol. The number of nitrogens with two attached hydrogens (primary N) is 1. The first-order chi connectivity index (χ1) is 8.22. The number of halogens is 2. The Morgan fingerprint density at radius 3 is 2.59 bits per heavy atom. The highest BCUT2D eigenvalue weighted by Crippen LogP contribution is 2.28. The Kier molecular flexibility index (Phi) is 3.96. The Bertz CT molecular complexity index is 465. The minimum absolute atomic E-state index is 0.213. The molecule has 0 saturated heterocycles. The molecule has 17 heavy (non-hydrogen) atoms. The van der Waals surface area contributed by atoms with Gasteiger partial charge in [0.05, 0.1) is 6.04 Å². The maximum absolute atomic E-state index is 6.09. The van der Waals surface area contributed by atoms with E-state index in [0.29, 0.717) is 22.3 Å². The van der Waals surface area contributed by atoms with Gasteiger partial charge in [0.1, 0.15) is 12.2 Å². The first kappa shape index (κ1) is 12.3. The van der Waals surface area contributed by atoms with Crippen LogP contribution >= 0.6 is 23.2 Å². The van der Waals surface area contributed by atoms with E-state index in [1.165, 1.54) is 6.33 Å². The average Bonchev–Trinajstić information content (AvgIpc) is 2.82. The van der Waals surface area contributed by atoms with Crippen LogP contribution in [0.4, 0.5) is 0 Å². The van der Waals surface area contributed by atoms with Crippen molar-refractivity contribution in [2.24, 2.45) is 5.84 Å². The molecule has 0 aliphatic heterocycles. The number of nitrogens with zero attached hydrogens (tertiary/aromatic N) is 2. The van der Waals surface area contributed by atoms with E-state index in [2.05, 4.69) is 20.6 Å². The van der Waals surface area contributed by atoms with Gasteiger partial charge in [-0.25, -0.2) is 10.4 Å². The SMILES string of the molecule is NNC(Cc1c(Cl)cccc1Cl)c1ncn[nH]1. The van der Waals surface area contributed by atoms with Crippen molar-refractivity contribution in [3.63, 3.8) is 0 Å². The Hall–Kier alpha value is -1.14. The van der Waals surface area contributed by atoms with Crippen LogP contribution in [0.15, 0.2) is 24.5 Å². The van der Waals surface area contributed by atoms with E-state index >= 15 is 0 Å². The fourth-order valence-electron chi connectivity index (χ4n) is 1.55. The van der Waals surface area contributed by atoms with Gasteiger partial charge in [0, 0.05) is 10.0 Å². The normalized spacial score (nSPS) is 12.6. The Morgan fingerprint density at radius 2 is 2.06 bits per heavy atom. The Balaban J connectivity index is 2.25. The molecule has 0 radical (unpaired) electrons. The van der Waals surface area contributed by atoms with Gasteiger partial charge in [0.2, 0.25) is 0 Å². The molecule has 0 saturated carbocycles. The van der Waals surface area contributed by atoms with Crippen LogP contribution in [0.25, 0.3) is 0 Å². The van der Waals surface area contributed by atoms with Crippen LogP contribution in [0.1, 0.15) is 17.4 Å². The number of benzene rings is 1. The summed E-state index contributed by atoms with van der Waals surface area (Å²) < 4.78 is 0. The maximum Gasteiger partial charge on any atom is 0.143 e. The molecule has 1 atom stereocenters. The second-order valence-corrected chi connectivity index (χ2v) is 4.31. The number of hydrogen-bond acceptors (Lipinski definition) is 4. The summed E-state index contributed by atoms with van der Waals surface area (Å²) in [6.07, 6.45) is 1.96. The number of hydrazine groups is 1. The lowest BCUT2D eigenvalue weighted by atomic mass is 10.1. The first-order valence-electron chi connectivity index (χ1n) is 4.96. The number of aromatic nitrogens is 3. The molecule has 0 aliphatic carbocycles. The Morgan fingerprint density at radius 1 is 1.35 bits per heavy atom. The number of H-pyrrole nitrogens is 1. The fraction of sp³-hybridized carbons (Fsp3) is 0.200. The van der Waals surface area contributed by atoms with Gasteiger partial charge in [-0.3, -0.25) is 10.9 Å². The molecule has 1 unspecified atom stereocenters. The fourth-order valence-corrected chi connectivity index (χ4v) is 2.10. The van der Waals surface area contributed by atoms with Crippen molar-refractivity contribution in [3.05, 3.63) is 46.0 Å². The number of aromatic amines is 1. The van der Waals surface area contributed by atoms with Crippen LogP contribution < -0.4 is 11.3 Å². The summed E-state index contributed by atoms with van der Waals surface area (Å²) in [4.78, 5) is 4.05. The lowest BCUT2D eigenvalue weighted by Crippen LogP contribution is -2.30. The van der Waals surface area contributed by atoms with E-state index in [9.17, 15) is 0 Å². The zero-order valence-corrected chi connectivity index (χ0v) is 10.3. The van der Waals surface area contributed by atoms with Crippen molar-refractivity contribution >= 4 is 23.2 Å². The van der Waals surface area contributed by atoms with Gasteiger partial charge in [0.25, 0.3) is 0 Å². The van der Waals surface area contributed by atoms with E-state index in [4.69, 9.17) is 29.0 Å². The van der Waals surface area contributed by atoms with Crippen molar-refractivity contribution in [2.45, 2.75) is 12.5 Å². The third-order valence-corrected chi connectivity index (χ3v) is 3.14. The number of rotatable bonds is 4. The van der Waals surface area contributed by atoms with Crippen molar-refractivity contribution in [1.82, 2.24) is 20.6 Å². The van der Waals surface area contributed by atoms with Crippen LogP contribution in [0.3, 0.4) is 0 Å². The van der Waals surface area contributed by atoms with Gasteiger partial charge in [-0.1, -0.05) is 29.3 Å².